The zero-order valence-corrected chi connectivity index (χ0v) is 16.6. The van der Waals surface area contributed by atoms with Gasteiger partial charge in [-0.1, -0.05) is 36.4 Å². The van der Waals surface area contributed by atoms with Crippen LogP contribution < -0.4 is 10.6 Å². The van der Waals surface area contributed by atoms with Crippen LogP contribution in [0.3, 0.4) is 0 Å². The Morgan fingerprint density at radius 3 is 2.35 bits per heavy atom. The highest BCUT2D eigenvalue weighted by molar-refractivity contribution is 7.90. The van der Waals surface area contributed by atoms with Gasteiger partial charge in [0.1, 0.15) is 0 Å². The third-order valence-electron chi connectivity index (χ3n) is 4.29. The molecule has 0 saturated carbocycles. The van der Waals surface area contributed by atoms with E-state index in [1.165, 1.54) is 17.4 Å². The number of hydrogen-bond acceptors (Lipinski definition) is 3. The molecular weight excluding hydrogens is 346 g/mol. The molecule has 0 spiro atoms. The van der Waals surface area contributed by atoms with E-state index in [9.17, 15) is 8.42 Å². The molecule has 5 nitrogen and oxygen atoms in total. The maximum absolute atomic E-state index is 11.5. The second-order valence-electron chi connectivity index (χ2n) is 6.39. The molecule has 0 amide bonds. The molecule has 0 saturated heterocycles. The molecule has 6 heteroatoms. The van der Waals surface area contributed by atoms with Gasteiger partial charge in [0.25, 0.3) is 0 Å². The Bertz CT molecular complexity index is 859. The van der Waals surface area contributed by atoms with Crippen LogP contribution in [0.2, 0.25) is 0 Å². The van der Waals surface area contributed by atoms with E-state index in [-0.39, 0.29) is 6.04 Å². The SMILES string of the molecule is CN=C(NCCc1ccc(S(C)(=O)=O)cc1)NC(C)c1ccccc1C. The molecule has 1 atom stereocenters. The highest BCUT2D eigenvalue weighted by atomic mass is 32.2. The van der Waals surface area contributed by atoms with Crippen LogP contribution in [-0.2, 0) is 16.3 Å². The molecular formula is C20H27N3O2S. The third kappa shape index (κ3) is 5.59. The van der Waals surface area contributed by atoms with Crippen molar-refractivity contribution in [3.63, 3.8) is 0 Å². The molecule has 2 N–H and O–H groups in total. The van der Waals surface area contributed by atoms with Gasteiger partial charge in [-0.3, -0.25) is 4.99 Å². The fraction of sp³-hybridized carbons (Fsp3) is 0.350. The lowest BCUT2D eigenvalue weighted by Gasteiger charge is -2.20. The number of aliphatic imine (C=N–C) groups is 1. The lowest BCUT2D eigenvalue weighted by molar-refractivity contribution is 0.602. The Labute approximate surface area is 156 Å². The van der Waals surface area contributed by atoms with Crippen molar-refractivity contribution < 1.29 is 8.42 Å². The van der Waals surface area contributed by atoms with Crippen molar-refractivity contribution >= 4 is 15.8 Å². The summed E-state index contributed by atoms with van der Waals surface area (Å²) in [5.74, 6) is 0.744. The molecule has 2 rings (SSSR count). The van der Waals surface area contributed by atoms with Crippen molar-refractivity contribution in [3.05, 3.63) is 65.2 Å². The first-order valence-electron chi connectivity index (χ1n) is 8.63. The zero-order valence-electron chi connectivity index (χ0n) is 15.8. The summed E-state index contributed by atoms with van der Waals surface area (Å²) in [6, 6.07) is 15.4. The van der Waals surface area contributed by atoms with Crippen LogP contribution in [0, 0.1) is 6.92 Å². The fourth-order valence-corrected chi connectivity index (χ4v) is 3.41. The number of hydrogen-bond donors (Lipinski definition) is 2. The van der Waals surface area contributed by atoms with Gasteiger partial charge in [-0.05, 0) is 49.1 Å². The van der Waals surface area contributed by atoms with Gasteiger partial charge in [-0.15, -0.1) is 0 Å². The molecule has 2 aromatic carbocycles. The molecule has 0 fully saturated rings. The highest BCUT2D eigenvalue weighted by Gasteiger charge is 2.10. The summed E-state index contributed by atoms with van der Waals surface area (Å²) >= 11 is 0. The van der Waals surface area contributed by atoms with Crippen LogP contribution in [0.5, 0.6) is 0 Å². The van der Waals surface area contributed by atoms with Gasteiger partial charge in [0.05, 0.1) is 10.9 Å². The Morgan fingerprint density at radius 1 is 1.12 bits per heavy atom. The van der Waals surface area contributed by atoms with Crippen LogP contribution in [0.25, 0.3) is 0 Å². The maximum atomic E-state index is 11.5. The average Bonchev–Trinajstić information content (AvgIpc) is 2.60. The quantitative estimate of drug-likeness (QED) is 0.603. The van der Waals surface area contributed by atoms with Gasteiger partial charge in [-0.25, -0.2) is 8.42 Å². The average molecular weight is 374 g/mol. The van der Waals surface area contributed by atoms with Gasteiger partial charge in [0.15, 0.2) is 15.8 Å². The summed E-state index contributed by atoms with van der Waals surface area (Å²) < 4.78 is 23.0. The third-order valence-corrected chi connectivity index (χ3v) is 5.42. The Morgan fingerprint density at radius 2 is 1.77 bits per heavy atom. The molecule has 140 valence electrons. The normalized spacial score (nSPS) is 13.3. The minimum absolute atomic E-state index is 0.149. The molecule has 26 heavy (non-hydrogen) atoms. The lowest BCUT2D eigenvalue weighted by atomic mass is 10.0. The predicted octanol–water partition coefficient (Wildman–Crippen LogP) is 2.87. The molecule has 0 radical (unpaired) electrons. The largest absolute Gasteiger partial charge is 0.356 e. The second-order valence-corrected chi connectivity index (χ2v) is 8.40. The minimum atomic E-state index is -3.15. The Hall–Kier alpha value is -2.34. The van der Waals surface area contributed by atoms with Crippen molar-refractivity contribution in [1.82, 2.24) is 10.6 Å². The first-order valence-corrected chi connectivity index (χ1v) is 10.5. The van der Waals surface area contributed by atoms with E-state index in [0.29, 0.717) is 11.4 Å². The molecule has 0 aliphatic heterocycles. The zero-order chi connectivity index (χ0) is 19.2. The van der Waals surface area contributed by atoms with E-state index in [4.69, 9.17) is 0 Å². The van der Waals surface area contributed by atoms with Gasteiger partial charge in [-0.2, -0.15) is 0 Å². The fourth-order valence-electron chi connectivity index (χ4n) is 2.78. The number of aryl methyl sites for hydroxylation is 1. The molecule has 0 aliphatic rings. The summed E-state index contributed by atoms with van der Waals surface area (Å²) in [6.07, 6.45) is 2.00. The number of benzene rings is 2. The van der Waals surface area contributed by atoms with E-state index in [0.717, 1.165) is 17.9 Å². The van der Waals surface area contributed by atoms with E-state index in [1.54, 1.807) is 19.2 Å². The second kappa shape index (κ2) is 8.85. The number of guanidine groups is 1. The number of sulfone groups is 1. The highest BCUT2D eigenvalue weighted by Crippen LogP contribution is 2.16. The van der Waals surface area contributed by atoms with E-state index in [2.05, 4.69) is 41.6 Å². The molecule has 0 aromatic heterocycles. The lowest BCUT2D eigenvalue weighted by Crippen LogP contribution is -2.39. The topological polar surface area (TPSA) is 70.6 Å². The van der Waals surface area contributed by atoms with E-state index < -0.39 is 9.84 Å². The Kier molecular flexibility index (Phi) is 6.80. The van der Waals surface area contributed by atoms with E-state index >= 15 is 0 Å². The van der Waals surface area contributed by atoms with Crippen molar-refractivity contribution in [2.24, 2.45) is 4.99 Å². The van der Waals surface area contributed by atoms with E-state index in [1.807, 2.05) is 24.3 Å². The Balaban J connectivity index is 1.88. The summed E-state index contributed by atoms with van der Waals surface area (Å²) in [4.78, 5) is 4.62. The van der Waals surface area contributed by atoms with Crippen LogP contribution in [0.1, 0.15) is 29.7 Å². The van der Waals surface area contributed by atoms with Crippen LogP contribution in [0.15, 0.2) is 58.4 Å². The molecule has 0 heterocycles. The number of rotatable bonds is 6. The first kappa shape index (κ1) is 20.0. The van der Waals surface area contributed by atoms with Crippen LogP contribution >= 0.6 is 0 Å². The number of nitrogens with one attached hydrogen (secondary N) is 2. The summed E-state index contributed by atoms with van der Waals surface area (Å²) in [5, 5.41) is 6.70. The van der Waals surface area contributed by atoms with Crippen LogP contribution in [0.4, 0.5) is 0 Å². The minimum Gasteiger partial charge on any atom is -0.356 e. The molecule has 0 aliphatic carbocycles. The van der Waals surface area contributed by atoms with Crippen molar-refractivity contribution in [2.75, 3.05) is 19.8 Å². The van der Waals surface area contributed by atoms with Gasteiger partial charge >= 0.3 is 0 Å². The van der Waals surface area contributed by atoms with Crippen molar-refractivity contribution in [3.8, 4) is 0 Å². The monoisotopic (exact) mass is 373 g/mol. The molecule has 1 unspecified atom stereocenters. The van der Waals surface area contributed by atoms with Gasteiger partial charge in [0.2, 0.25) is 0 Å². The van der Waals surface area contributed by atoms with Crippen LogP contribution in [-0.4, -0.2) is 34.2 Å². The van der Waals surface area contributed by atoms with Crippen molar-refractivity contribution in [2.45, 2.75) is 31.2 Å². The number of nitrogens with zero attached hydrogens (tertiary/aromatic N) is 1. The molecule has 0 bridgehead atoms. The maximum Gasteiger partial charge on any atom is 0.191 e. The summed E-state index contributed by atoms with van der Waals surface area (Å²) in [6.45, 7) is 4.92. The van der Waals surface area contributed by atoms with Crippen molar-refractivity contribution in [1.29, 1.82) is 0 Å². The van der Waals surface area contributed by atoms with Gasteiger partial charge in [0, 0.05) is 19.8 Å². The first-order chi connectivity index (χ1) is 12.3. The predicted molar refractivity (Wildman–Crippen MR) is 107 cm³/mol. The smallest absolute Gasteiger partial charge is 0.191 e. The van der Waals surface area contributed by atoms with Gasteiger partial charge < -0.3 is 10.6 Å². The molecule has 2 aromatic rings. The standard InChI is InChI=1S/C20H27N3O2S/c1-15-7-5-6-8-19(15)16(2)23-20(21-3)22-14-13-17-9-11-18(12-10-17)26(4,24)25/h5-12,16H,13-14H2,1-4H3,(H2,21,22,23). The summed E-state index contributed by atoms with van der Waals surface area (Å²) in [5.41, 5.74) is 3.56. The summed E-state index contributed by atoms with van der Waals surface area (Å²) in [7, 11) is -1.39.